The summed E-state index contributed by atoms with van der Waals surface area (Å²) in [6.45, 7) is 5.51. The quantitative estimate of drug-likeness (QED) is 0.733. The Balaban J connectivity index is 1.77. The number of carbonyl (C=O) groups excluding carboxylic acids is 1. The summed E-state index contributed by atoms with van der Waals surface area (Å²) in [7, 11) is 0. The van der Waals surface area contributed by atoms with Gasteiger partial charge in [-0.25, -0.2) is 4.79 Å². The molecule has 0 saturated heterocycles. The molecule has 1 heterocycles. The van der Waals surface area contributed by atoms with Gasteiger partial charge in [0.2, 0.25) is 0 Å². The molecular weight excluding hydrogens is 288 g/mol. The van der Waals surface area contributed by atoms with Crippen LogP contribution in [0.5, 0.6) is 0 Å². The molecule has 0 spiro atoms. The number of anilines is 1. The highest BCUT2D eigenvalue weighted by Gasteiger charge is 2.09. The molecule has 0 unspecified atom stereocenters. The summed E-state index contributed by atoms with van der Waals surface area (Å²) >= 11 is 0. The van der Waals surface area contributed by atoms with Crippen molar-refractivity contribution in [2.45, 2.75) is 32.9 Å². The molecule has 0 aliphatic heterocycles. The van der Waals surface area contributed by atoms with Gasteiger partial charge in [0, 0.05) is 25.0 Å². The van der Waals surface area contributed by atoms with E-state index in [2.05, 4.69) is 27.9 Å². The molecule has 0 radical (unpaired) electrons. The van der Waals surface area contributed by atoms with Crippen LogP contribution in [0.1, 0.15) is 37.6 Å². The van der Waals surface area contributed by atoms with E-state index in [4.69, 9.17) is 0 Å². The molecule has 23 heavy (non-hydrogen) atoms. The van der Waals surface area contributed by atoms with E-state index in [0.717, 1.165) is 29.9 Å². The molecule has 2 amide bonds. The smallest absolute Gasteiger partial charge is 0.315 e. The standard InChI is InChI=1S/C18H24N4O/c1-3-11-19-16-9-7-15(8-10-16)13-21-18(23)22-14(2)17-6-4-5-12-20-17/h4-10,12,14,19H,3,11,13H2,1-2H3,(H2,21,22,23)/t14-/m0/s1. The SMILES string of the molecule is CCCNc1ccc(CNC(=O)N[C@@H](C)c2ccccn2)cc1. The van der Waals surface area contributed by atoms with Crippen LogP contribution in [0, 0.1) is 0 Å². The Labute approximate surface area is 137 Å². The molecule has 1 atom stereocenters. The number of hydrogen-bond donors (Lipinski definition) is 3. The van der Waals surface area contributed by atoms with Gasteiger partial charge in [-0.1, -0.05) is 25.1 Å². The maximum Gasteiger partial charge on any atom is 0.315 e. The number of nitrogens with one attached hydrogen (secondary N) is 3. The van der Waals surface area contributed by atoms with Crippen LogP contribution in [0.2, 0.25) is 0 Å². The summed E-state index contributed by atoms with van der Waals surface area (Å²) in [5.74, 6) is 0. The van der Waals surface area contributed by atoms with Gasteiger partial charge in [-0.05, 0) is 43.2 Å². The number of benzene rings is 1. The number of rotatable bonds is 7. The van der Waals surface area contributed by atoms with Gasteiger partial charge in [-0.15, -0.1) is 0 Å². The molecule has 0 aliphatic carbocycles. The van der Waals surface area contributed by atoms with Crippen molar-refractivity contribution in [1.29, 1.82) is 0 Å². The average Bonchev–Trinajstić information content (AvgIpc) is 2.59. The van der Waals surface area contributed by atoms with Gasteiger partial charge in [-0.3, -0.25) is 4.98 Å². The molecule has 5 heteroatoms. The van der Waals surface area contributed by atoms with Crippen molar-refractivity contribution in [1.82, 2.24) is 15.6 Å². The lowest BCUT2D eigenvalue weighted by molar-refractivity contribution is 0.237. The van der Waals surface area contributed by atoms with Crippen LogP contribution in [0.3, 0.4) is 0 Å². The third-order valence-corrected chi connectivity index (χ3v) is 3.47. The zero-order valence-corrected chi connectivity index (χ0v) is 13.7. The minimum atomic E-state index is -0.198. The Hall–Kier alpha value is -2.56. The van der Waals surface area contributed by atoms with Crippen LogP contribution in [0.25, 0.3) is 0 Å². The van der Waals surface area contributed by atoms with Crippen molar-refractivity contribution < 1.29 is 4.79 Å². The number of pyridine rings is 1. The number of hydrogen-bond acceptors (Lipinski definition) is 3. The predicted molar refractivity (Wildman–Crippen MR) is 93.2 cm³/mol. The normalized spacial score (nSPS) is 11.6. The van der Waals surface area contributed by atoms with Crippen LogP contribution >= 0.6 is 0 Å². The maximum atomic E-state index is 11.9. The van der Waals surface area contributed by atoms with Crippen LogP contribution in [0.4, 0.5) is 10.5 Å². The van der Waals surface area contributed by atoms with E-state index in [0.29, 0.717) is 6.54 Å². The van der Waals surface area contributed by atoms with E-state index in [9.17, 15) is 4.79 Å². The summed E-state index contributed by atoms with van der Waals surface area (Å²) in [6, 6.07) is 13.4. The second kappa shape index (κ2) is 8.78. The molecule has 0 bridgehead atoms. The van der Waals surface area contributed by atoms with Gasteiger partial charge in [-0.2, -0.15) is 0 Å². The van der Waals surface area contributed by atoms with E-state index in [1.165, 1.54) is 0 Å². The molecule has 1 aromatic heterocycles. The van der Waals surface area contributed by atoms with Crippen LogP contribution in [-0.4, -0.2) is 17.6 Å². The van der Waals surface area contributed by atoms with Crippen molar-refractivity contribution in [3.8, 4) is 0 Å². The van der Waals surface area contributed by atoms with Gasteiger partial charge >= 0.3 is 6.03 Å². The predicted octanol–water partition coefficient (Wildman–Crippen LogP) is 3.46. The monoisotopic (exact) mass is 312 g/mol. The highest BCUT2D eigenvalue weighted by atomic mass is 16.2. The van der Waals surface area contributed by atoms with E-state index in [-0.39, 0.29) is 12.1 Å². The first-order valence-electron chi connectivity index (χ1n) is 7.97. The molecule has 1 aromatic carbocycles. The Bertz CT molecular complexity index is 598. The average molecular weight is 312 g/mol. The third-order valence-electron chi connectivity index (χ3n) is 3.47. The lowest BCUT2D eigenvalue weighted by atomic mass is 10.2. The second-order valence-electron chi connectivity index (χ2n) is 5.43. The largest absolute Gasteiger partial charge is 0.385 e. The van der Waals surface area contributed by atoms with E-state index in [1.54, 1.807) is 6.20 Å². The van der Waals surface area contributed by atoms with Gasteiger partial charge < -0.3 is 16.0 Å². The van der Waals surface area contributed by atoms with Gasteiger partial charge in [0.1, 0.15) is 0 Å². The lowest BCUT2D eigenvalue weighted by Crippen LogP contribution is -2.36. The van der Waals surface area contributed by atoms with Crippen molar-refractivity contribution >= 4 is 11.7 Å². The zero-order valence-electron chi connectivity index (χ0n) is 13.7. The van der Waals surface area contributed by atoms with Crippen molar-refractivity contribution in [3.63, 3.8) is 0 Å². The summed E-state index contributed by atoms with van der Waals surface area (Å²) in [6.07, 6.45) is 2.82. The number of amides is 2. The van der Waals surface area contributed by atoms with E-state index in [1.807, 2.05) is 49.4 Å². The fourth-order valence-electron chi connectivity index (χ4n) is 2.15. The van der Waals surface area contributed by atoms with E-state index >= 15 is 0 Å². The maximum absolute atomic E-state index is 11.9. The molecular formula is C18H24N4O. The van der Waals surface area contributed by atoms with Gasteiger partial charge in [0.25, 0.3) is 0 Å². The number of carbonyl (C=O) groups is 1. The minimum Gasteiger partial charge on any atom is -0.385 e. The van der Waals surface area contributed by atoms with Gasteiger partial charge in [0.15, 0.2) is 0 Å². The molecule has 2 rings (SSSR count). The second-order valence-corrected chi connectivity index (χ2v) is 5.43. The first-order valence-corrected chi connectivity index (χ1v) is 7.97. The molecule has 3 N–H and O–H groups in total. The van der Waals surface area contributed by atoms with Crippen LogP contribution in [0.15, 0.2) is 48.7 Å². The zero-order chi connectivity index (χ0) is 16.5. The summed E-state index contributed by atoms with van der Waals surface area (Å²) < 4.78 is 0. The molecule has 122 valence electrons. The Morgan fingerprint density at radius 1 is 1.17 bits per heavy atom. The van der Waals surface area contributed by atoms with Crippen molar-refractivity contribution in [2.75, 3.05) is 11.9 Å². The number of nitrogens with zero attached hydrogens (tertiary/aromatic N) is 1. The third kappa shape index (κ3) is 5.62. The molecule has 0 aliphatic rings. The minimum absolute atomic E-state index is 0.128. The number of urea groups is 1. The first kappa shape index (κ1) is 16.8. The molecule has 0 saturated carbocycles. The summed E-state index contributed by atoms with van der Waals surface area (Å²) in [5, 5.41) is 9.07. The summed E-state index contributed by atoms with van der Waals surface area (Å²) in [4.78, 5) is 16.2. The molecule has 5 nitrogen and oxygen atoms in total. The van der Waals surface area contributed by atoms with Crippen molar-refractivity contribution in [3.05, 3.63) is 59.9 Å². The Morgan fingerprint density at radius 3 is 2.61 bits per heavy atom. The topological polar surface area (TPSA) is 66.0 Å². The molecule has 0 fully saturated rings. The highest BCUT2D eigenvalue weighted by molar-refractivity contribution is 5.74. The summed E-state index contributed by atoms with van der Waals surface area (Å²) in [5.41, 5.74) is 3.01. The number of aromatic nitrogens is 1. The van der Waals surface area contributed by atoms with Crippen LogP contribution < -0.4 is 16.0 Å². The Morgan fingerprint density at radius 2 is 1.96 bits per heavy atom. The van der Waals surface area contributed by atoms with E-state index < -0.39 is 0 Å². The molecule has 2 aromatic rings. The first-order chi connectivity index (χ1) is 11.2. The Kier molecular flexibility index (Phi) is 6.41. The van der Waals surface area contributed by atoms with Crippen molar-refractivity contribution in [2.24, 2.45) is 0 Å². The fourth-order valence-corrected chi connectivity index (χ4v) is 2.15. The highest BCUT2D eigenvalue weighted by Crippen LogP contribution is 2.10. The van der Waals surface area contributed by atoms with Gasteiger partial charge in [0.05, 0.1) is 11.7 Å². The lowest BCUT2D eigenvalue weighted by Gasteiger charge is -2.14. The van der Waals surface area contributed by atoms with Crippen LogP contribution in [-0.2, 0) is 6.54 Å². The fraction of sp³-hybridized carbons (Fsp3) is 0.333.